The van der Waals surface area contributed by atoms with Crippen LogP contribution in [0.2, 0.25) is 5.02 Å². The Balaban J connectivity index is 1.81. The van der Waals surface area contributed by atoms with E-state index in [1.165, 1.54) is 20.4 Å². The Morgan fingerprint density at radius 2 is 2.12 bits per heavy atom. The molecule has 0 atom stereocenters. The summed E-state index contributed by atoms with van der Waals surface area (Å²) in [6.07, 6.45) is 5.62. The van der Waals surface area contributed by atoms with E-state index >= 15 is 0 Å². The SMILES string of the molecule is Cc1nc2sc3c(c2c(=O)n1NC(=O)c1nn(C)cc1Cl)CCCC3. The normalized spacial score (nSPS) is 13.9. The van der Waals surface area contributed by atoms with Crippen LogP contribution < -0.4 is 11.0 Å². The number of fused-ring (bicyclic) bond motifs is 3. The van der Waals surface area contributed by atoms with Gasteiger partial charge in [0.2, 0.25) is 0 Å². The highest BCUT2D eigenvalue weighted by molar-refractivity contribution is 7.18. The first-order valence-corrected chi connectivity index (χ1v) is 9.19. The van der Waals surface area contributed by atoms with Crippen molar-refractivity contribution >= 4 is 39.1 Å². The van der Waals surface area contributed by atoms with Gasteiger partial charge in [0.15, 0.2) is 5.69 Å². The van der Waals surface area contributed by atoms with E-state index < -0.39 is 5.91 Å². The number of carbonyl (C=O) groups is 1. The number of aryl methyl sites for hydroxylation is 4. The van der Waals surface area contributed by atoms with E-state index in [1.54, 1.807) is 25.3 Å². The first-order valence-electron chi connectivity index (χ1n) is 8.00. The molecule has 0 saturated carbocycles. The number of carbonyl (C=O) groups excluding carboxylic acids is 1. The number of amides is 1. The van der Waals surface area contributed by atoms with Crippen LogP contribution in [0.4, 0.5) is 0 Å². The van der Waals surface area contributed by atoms with Gasteiger partial charge in [-0.25, -0.2) is 9.66 Å². The number of rotatable bonds is 2. The van der Waals surface area contributed by atoms with E-state index in [-0.39, 0.29) is 16.3 Å². The van der Waals surface area contributed by atoms with Gasteiger partial charge in [0, 0.05) is 18.1 Å². The second-order valence-corrected chi connectivity index (χ2v) is 7.62. The molecule has 25 heavy (non-hydrogen) atoms. The van der Waals surface area contributed by atoms with E-state index in [1.807, 2.05) is 0 Å². The van der Waals surface area contributed by atoms with Crippen molar-refractivity contribution < 1.29 is 4.79 Å². The summed E-state index contributed by atoms with van der Waals surface area (Å²) in [5.41, 5.74) is 3.49. The lowest BCUT2D eigenvalue weighted by Crippen LogP contribution is -2.36. The predicted molar refractivity (Wildman–Crippen MR) is 97.2 cm³/mol. The quantitative estimate of drug-likeness (QED) is 0.743. The van der Waals surface area contributed by atoms with Crippen molar-refractivity contribution in [3.8, 4) is 0 Å². The van der Waals surface area contributed by atoms with Crippen LogP contribution in [0.15, 0.2) is 11.0 Å². The standard InChI is InChI=1S/C16H16ClN5O2S/c1-8-18-15-12(9-5-3-4-6-11(9)25-15)16(24)22(8)20-14(23)13-10(17)7-21(2)19-13/h7H,3-6H2,1-2H3,(H,20,23). The zero-order valence-corrected chi connectivity index (χ0v) is 15.4. The average Bonchev–Trinajstić information content (AvgIpc) is 3.10. The molecule has 0 aromatic carbocycles. The molecule has 1 N–H and O–H groups in total. The van der Waals surface area contributed by atoms with E-state index in [0.29, 0.717) is 11.2 Å². The summed E-state index contributed by atoms with van der Waals surface area (Å²) >= 11 is 7.60. The van der Waals surface area contributed by atoms with Crippen LogP contribution in [-0.2, 0) is 19.9 Å². The summed E-state index contributed by atoms with van der Waals surface area (Å²) < 4.78 is 2.64. The fraction of sp³-hybridized carbons (Fsp3) is 0.375. The lowest BCUT2D eigenvalue weighted by atomic mass is 9.97. The molecule has 7 nitrogen and oxygen atoms in total. The maximum absolute atomic E-state index is 13.0. The minimum Gasteiger partial charge on any atom is -0.273 e. The number of hydrogen-bond acceptors (Lipinski definition) is 5. The maximum Gasteiger partial charge on any atom is 0.292 e. The molecule has 0 fully saturated rings. The first-order chi connectivity index (χ1) is 12.0. The predicted octanol–water partition coefficient (Wildman–Crippen LogP) is 2.42. The van der Waals surface area contributed by atoms with Gasteiger partial charge < -0.3 is 0 Å². The fourth-order valence-corrected chi connectivity index (χ4v) is 4.77. The number of aromatic nitrogens is 4. The first kappa shape index (κ1) is 16.3. The van der Waals surface area contributed by atoms with Gasteiger partial charge in [-0.3, -0.25) is 19.7 Å². The van der Waals surface area contributed by atoms with Crippen LogP contribution >= 0.6 is 22.9 Å². The number of halogens is 1. The van der Waals surface area contributed by atoms with Crippen molar-refractivity contribution in [1.82, 2.24) is 19.4 Å². The lowest BCUT2D eigenvalue weighted by Gasteiger charge is -2.12. The summed E-state index contributed by atoms with van der Waals surface area (Å²) in [5.74, 6) is -0.113. The molecule has 3 aromatic heterocycles. The van der Waals surface area contributed by atoms with Crippen LogP contribution in [-0.4, -0.2) is 25.3 Å². The minimum absolute atomic E-state index is 0.0721. The zero-order chi connectivity index (χ0) is 17.7. The molecule has 0 radical (unpaired) electrons. The third kappa shape index (κ3) is 2.65. The highest BCUT2D eigenvalue weighted by Crippen LogP contribution is 2.33. The largest absolute Gasteiger partial charge is 0.292 e. The average molecular weight is 378 g/mol. The summed E-state index contributed by atoms with van der Waals surface area (Å²) in [6.45, 7) is 1.69. The van der Waals surface area contributed by atoms with E-state index in [4.69, 9.17) is 11.6 Å². The Bertz CT molecular complexity index is 1060. The zero-order valence-electron chi connectivity index (χ0n) is 13.8. The smallest absolute Gasteiger partial charge is 0.273 e. The highest BCUT2D eigenvalue weighted by Gasteiger charge is 2.23. The molecule has 0 bridgehead atoms. The third-order valence-electron chi connectivity index (χ3n) is 4.37. The minimum atomic E-state index is -0.541. The van der Waals surface area contributed by atoms with Crippen molar-refractivity contribution in [3.05, 3.63) is 43.5 Å². The molecule has 0 aliphatic heterocycles. The monoisotopic (exact) mass is 377 g/mol. The van der Waals surface area contributed by atoms with Crippen LogP contribution in [0, 0.1) is 6.92 Å². The number of hydrogen-bond donors (Lipinski definition) is 1. The molecule has 1 aliphatic rings. The summed E-state index contributed by atoms with van der Waals surface area (Å²) in [7, 11) is 1.67. The van der Waals surface area contributed by atoms with Crippen molar-refractivity contribution in [2.75, 3.05) is 5.43 Å². The number of nitrogens with one attached hydrogen (secondary N) is 1. The van der Waals surface area contributed by atoms with Crippen LogP contribution in [0.5, 0.6) is 0 Å². The Hall–Kier alpha value is -2.19. The number of nitrogens with zero attached hydrogens (tertiary/aromatic N) is 4. The molecular formula is C16H16ClN5O2S. The van der Waals surface area contributed by atoms with Gasteiger partial charge in [0.1, 0.15) is 10.7 Å². The van der Waals surface area contributed by atoms with Crippen LogP contribution in [0.25, 0.3) is 10.2 Å². The Morgan fingerprint density at radius 1 is 1.36 bits per heavy atom. The Kier molecular flexibility index (Phi) is 3.88. The molecule has 1 amide bonds. The van der Waals surface area contributed by atoms with Gasteiger partial charge in [-0.1, -0.05) is 11.6 Å². The molecular weight excluding hydrogens is 362 g/mol. The summed E-state index contributed by atoms with van der Waals surface area (Å²) in [4.78, 5) is 32.0. The summed E-state index contributed by atoms with van der Waals surface area (Å²) in [6, 6.07) is 0. The van der Waals surface area contributed by atoms with Gasteiger partial charge >= 0.3 is 0 Å². The number of thiophene rings is 1. The molecule has 4 rings (SSSR count). The van der Waals surface area contributed by atoms with Crippen molar-refractivity contribution in [2.24, 2.45) is 7.05 Å². The second-order valence-electron chi connectivity index (χ2n) is 6.13. The summed E-state index contributed by atoms with van der Waals surface area (Å²) in [5, 5.41) is 4.88. The Labute approximate surface area is 152 Å². The van der Waals surface area contributed by atoms with Crippen LogP contribution in [0.3, 0.4) is 0 Å². The lowest BCUT2D eigenvalue weighted by molar-refractivity contribution is 0.100. The molecule has 0 unspecified atom stereocenters. The van der Waals surface area contributed by atoms with Crippen molar-refractivity contribution in [3.63, 3.8) is 0 Å². The molecule has 130 valence electrons. The van der Waals surface area contributed by atoms with Gasteiger partial charge in [0.25, 0.3) is 11.5 Å². The Morgan fingerprint density at radius 3 is 2.84 bits per heavy atom. The van der Waals surface area contributed by atoms with Crippen LogP contribution in [0.1, 0.15) is 39.6 Å². The van der Waals surface area contributed by atoms with E-state index in [9.17, 15) is 9.59 Å². The van der Waals surface area contributed by atoms with Gasteiger partial charge in [-0.15, -0.1) is 11.3 Å². The molecule has 1 aliphatic carbocycles. The molecule has 0 spiro atoms. The maximum atomic E-state index is 13.0. The van der Waals surface area contributed by atoms with Crippen molar-refractivity contribution in [2.45, 2.75) is 32.6 Å². The molecule has 3 heterocycles. The second kappa shape index (κ2) is 5.96. The third-order valence-corrected chi connectivity index (χ3v) is 5.83. The van der Waals surface area contributed by atoms with Gasteiger partial charge in [-0.05, 0) is 38.2 Å². The fourth-order valence-electron chi connectivity index (χ4n) is 3.21. The van der Waals surface area contributed by atoms with E-state index in [2.05, 4.69) is 15.5 Å². The van der Waals surface area contributed by atoms with Gasteiger partial charge in [-0.2, -0.15) is 5.10 Å². The highest BCUT2D eigenvalue weighted by atomic mass is 35.5. The molecule has 0 saturated heterocycles. The van der Waals surface area contributed by atoms with Gasteiger partial charge in [0.05, 0.1) is 10.4 Å². The molecule has 3 aromatic rings. The van der Waals surface area contributed by atoms with E-state index in [0.717, 1.165) is 36.1 Å². The molecule has 9 heteroatoms. The van der Waals surface area contributed by atoms with Crippen molar-refractivity contribution in [1.29, 1.82) is 0 Å². The topological polar surface area (TPSA) is 81.8 Å².